The number of ether oxygens (including phenoxy) is 2. The van der Waals surface area contributed by atoms with Gasteiger partial charge in [-0.1, -0.05) is 12.1 Å². The monoisotopic (exact) mass is 531 g/mol. The molecule has 1 amide bonds. The number of anilines is 1. The summed E-state index contributed by atoms with van der Waals surface area (Å²) in [5.74, 6) is 1.59. The lowest BCUT2D eigenvalue weighted by Gasteiger charge is -2.31. The van der Waals surface area contributed by atoms with E-state index in [-0.39, 0.29) is 36.5 Å². The third-order valence-electron chi connectivity index (χ3n) is 5.19. The summed E-state index contributed by atoms with van der Waals surface area (Å²) in [5.41, 5.74) is 0.851. The molecule has 3 rings (SSSR count). The number of hydrogen-bond acceptors (Lipinski definition) is 5. The number of para-hydroxylation sites is 2. The molecule has 2 aliphatic rings. The van der Waals surface area contributed by atoms with Crippen LogP contribution in [0.4, 0.5) is 5.69 Å². The number of carbonyl (C=O) groups is 1. The second-order valence-electron chi connectivity index (χ2n) is 7.30. The summed E-state index contributed by atoms with van der Waals surface area (Å²) in [7, 11) is 0. The van der Waals surface area contributed by atoms with Gasteiger partial charge < -0.3 is 25.0 Å². The highest BCUT2D eigenvalue weighted by molar-refractivity contribution is 14.0. The summed E-state index contributed by atoms with van der Waals surface area (Å²) in [5, 5.41) is 6.68. The Balaban J connectivity index is 0.00000320. The fraction of sp³-hybridized carbons (Fsp3) is 0.619. The molecule has 1 saturated heterocycles. The molecule has 30 heavy (non-hydrogen) atoms. The predicted octanol–water partition coefficient (Wildman–Crippen LogP) is 1.70. The van der Waals surface area contributed by atoms with Crippen LogP contribution in [0, 0.1) is 0 Å². The lowest BCUT2D eigenvalue weighted by Crippen LogP contribution is -2.45. The van der Waals surface area contributed by atoms with Crippen LogP contribution in [-0.4, -0.2) is 81.9 Å². The first kappa shape index (κ1) is 24.7. The van der Waals surface area contributed by atoms with Crippen molar-refractivity contribution in [1.29, 1.82) is 0 Å². The summed E-state index contributed by atoms with van der Waals surface area (Å²) in [4.78, 5) is 21.2. The van der Waals surface area contributed by atoms with Crippen molar-refractivity contribution in [3.8, 4) is 5.75 Å². The summed E-state index contributed by atoms with van der Waals surface area (Å²) in [6.45, 7) is 10.9. The SMILES string of the molecule is CCNC(=NCC(C)N1CCOCC1)NCCCN1C(=O)COc2ccccc21.I. The van der Waals surface area contributed by atoms with Crippen molar-refractivity contribution in [3.63, 3.8) is 0 Å². The lowest BCUT2D eigenvalue weighted by atomic mass is 10.2. The first-order chi connectivity index (χ1) is 14.2. The van der Waals surface area contributed by atoms with Crippen LogP contribution in [0.2, 0.25) is 0 Å². The Labute approximate surface area is 196 Å². The number of amides is 1. The van der Waals surface area contributed by atoms with E-state index in [0.29, 0.717) is 12.6 Å². The summed E-state index contributed by atoms with van der Waals surface area (Å²) >= 11 is 0. The zero-order valence-corrected chi connectivity index (χ0v) is 20.3. The van der Waals surface area contributed by atoms with Gasteiger partial charge in [-0.05, 0) is 32.4 Å². The number of benzene rings is 1. The zero-order chi connectivity index (χ0) is 20.5. The molecule has 1 fully saturated rings. The Hall–Kier alpha value is -1.59. The van der Waals surface area contributed by atoms with Gasteiger partial charge >= 0.3 is 0 Å². The molecule has 0 bridgehead atoms. The minimum Gasteiger partial charge on any atom is -0.482 e. The fourth-order valence-electron chi connectivity index (χ4n) is 3.54. The van der Waals surface area contributed by atoms with Crippen LogP contribution in [0.1, 0.15) is 20.3 Å². The average molecular weight is 531 g/mol. The highest BCUT2D eigenvalue weighted by atomic mass is 127. The summed E-state index contributed by atoms with van der Waals surface area (Å²) in [6.07, 6.45) is 0.823. The second-order valence-corrected chi connectivity index (χ2v) is 7.30. The number of nitrogens with one attached hydrogen (secondary N) is 2. The first-order valence-electron chi connectivity index (χ1n) is 10.5. The Bertz CT molecular complexity index is 697. The summed E-state index contributed by atoms with van der Waals surface area (Å²) in [6, 6.07) is 8.07. The van der Waals surface area contributed by atoms with Gasteiger partial charge in [0, 0.05) is 38.8 Å². The van der Waals surface area contributed by atoms with Crippen LogP contribution in [-0.2, 0) is 9.53 Å². The molecule has 0 aliphatic carbocycles. The Morgan fingerprint density at radius 3 is 2.77 bits per heavy atom. The standard InChI is InChI=1S/C21H33N5O3.HI/c1-3-22-21(24-15-17(2)25-11-13-28-14-12-25)23-9-6-10-26-18-7-4-5-8-19(18)29-16-20(26)27;/h4-5,7-8,17H,3,6,9-16H2,1-2H3,(H2,22,23,24);1H. The van der Waals surface area contributed by atoms with Crippen molar-refractivity contribution < 1.29 is 14.3 Å². The van der Waals surface area contributed by atoms with E-state index in [0.717, 1.165) is 69.8 Å². The molecule has 0 saturated carbocycles. The fourth-order valence-corrected chi connectivity index (χ4v) is 3.54. The van der Waals surface area contributed by atoms with Gasteiger partial charge in [0.05, 0.1) is 25.4 Å². The van der Waals surface area contributed by atoms with Crippen LogP contribution in [0.25, 0.3) is 0 Å². The van der Waals surface area contributed by atoms with Crippen molar-refractivity contribution in [2.45, 2.75) is 26.3 Å². The van der Waals surface area contributed by atoms with Crippen molar-refractivity contribution >= 4 is 41.5 Å². The molecule has 2 heterocycles. The van der Waals surface area contributed by atoms with E-state index in [4.69, 9.17) is 14.5 Å². The van der Waals surface area contributed by atoms with Crippen molar-refractivity contribution in [2.75, 3.05) is 64.0 Å². The molecule has 1 unspecified atom stereocenters. The molecule has 0 spiro atoms. The molecule has 1 aromatic rings. The summed E-state index contributed by atoms with van der Waals surface area (Å²) < 4.78 is 10.9. The predicted molar refractivity (Wildman–Crippen MR) is 130 cm³/mol. The molecule has 9 heteroatoms. The number of nitrogens with zero attached hydrogens (tertiary/aromatic N) is 3. The molecule has 0 radical (unpaired) electrons. The van der Waals surface area contributed by atoms with E-state index < -0.39 is 0 Å². The van der Waals surface area contributed by atoms with E-state index >= 15 is 0 Å². The molecule has 0 aromatic heterocycles. The number of morpholine rings is 1. The number of rotatable bonds is 8. The van der Waals surface area contributed by atoms with E-state index in [2.05, 4.69) is 29.4 Å². The molecular weight excluding hydrogens is 497 g/mol. The quantitative estimate of drug-likeness (QED) is 0.230. The molecule has 2 aliphatic heterocycles. The minimum atomic E-state index is 0. The van der Waals surface area contributed by atoms with Crippen LogP contribution in [0.5, 0.6) is 5.75 Å². The van der Waals surface area contributed by atoms with Gasteiger partial charge in [-0.25, -0.2) is 0 Å². The van der Waals surface area contributed by atoms with Gasteiger partial charge in [0.15, 0.2) is 12.6 Å². The van der Waals surface area contributed by atoms with Gasteiger partial charge in [0.1, 0.15) is 5.75 Å². The van der Waals surface area contributed by atoms with Gasteiger partial charge in [0.2, 0.25) is 0 Å². The molecule has 1 atom stereocenters. The normalized spacial score (nSPS) is 18.1. The number of guanidine groups is 1. The Morgan fingerprint density at radius 2 is 2.00 bits per heavy atom. The molecular formula is C21H34IN5O3. The third-order valence-corrected chi connectivity index (χ3v) is 5.19. The van der Waals surface area contributed by atoms with E-state index in [1.165, 1.54) is 0 Å². The van der Waals surface area contributed by atoms with E-state index in [1.54, 1.807) is 0 Å². The topological polar surface area (TPSA) is 78.4 Å². The number of fused-ring (bicyclic) bond motifs is 1. The van der Waals surface area contributed by atoms with Crippen molar-refractivity contribution in [2.24, 2.45) is 4.99 Å². The molecule has 1 aromatic carbocycles. The van der Waals surface area contributed by atoms with Gasteiger partial charge in [0.25, 0.3) is 5.91 Å². The van der Waals surface area contributed by atoms with E-state index in [1.807, 2.05) is 29.2 Å². The maximum absolute atomic E-state index is 12.2. The molecule has 8 nitrogen and oxygen atoms in total. The van der Waals surface area contributed by atoms with Crippen LogP contribution in [0.3, 0.4) is 0 Å². The van der Waals surface area contributed by atoms with Crippen molar-refractivity contribution in [3.05, 3.63) is 24.3 Å². The van der Waals surface area contributed by atoms with E-state index in [9.17, 15) is 4.79 Å². The lowest BCUT2D eigenvalue weighted by molar-refractivity contribution is -0.121. The van der Waals surface area contributed by atoms with Crippen LogP contribution in [0.15, 0.2) is 29.3 Å². The maximum atomic E-state index is 12.2. The van der Waals surface area contributed by atoms with Gasteiger partial charge in [-0.2, -0.15) is 0 Å². The molecule has 168 valence electrons. The van der Waals surface area contributed by atoms with Gasteiger partial charge in [-0.3, -0.25) is 14.7 Å². The largest absolute Gasteiger partial charge is 0.482 e. The number of hydrogen-bond donors (Lipinski definition) is 2. The Morgan fingerprint density at radius 1 is 1.23 bits per heavy atom. The van der Waals surface area contributed by atoms with Crippen molar-refractivity contribution in [1.82, 2.24) is 15.5 Å². The van der Waals surface area contributed by atoms with Crippen LogP contribution < -0.4 is 20.3 Å². The smallest absolute Gasteiger partial charge is 0.265 e. The third kappa shape index (κ3) is 6.98. The highest BCUT2D eigenvalue weighted by Gasteiger charge is 2.24. The number of halogens is 1. The minimum absolute atomic E-state index is 0. The van der Waals surface area contributed by atoms with Gasteiger partial charge in [-0.15, -0.1) is 24.0 Å². The van der Waals surface area contributed by atoms with Crippen LogP contribution >= 0.6 is 24.0 Å². The maximum Gasteiger partial charge on any atom is 0.265 e. The first-order valence-corrected chi connectivity index (χ1v) is 10.5. The second kappa shape index (κ2) is 13.0. The average Bonchev–Trinajstić information content (AvgIpc) is 2.76. The molecule has 2 N–H and O–H groups in total. The zero-order valence-electron chi connectivity index (χ0n) is 17.9. The Kier molecular flexibility index (Phi) is 10.7. The highest BCUT2D eigenvalue weighted by Crippen LogP contribution is 2.31. The number of carbonyl (C=O) groups excluding carboxylic acids is 1. The number of aliphatic imine (C=N–C) groups is 1.